The standard InChI is InChI=1S/C13H19N5O2S/c1-9(2)18-7-12(14-8-18)21(19,20)17-11-5-3-4-10-6-15-16-13(10)11/h6-9,11,17H,3-5H2,1-2H3,(H,15,16). The van der Waals surface area contributed by atoms with Gasteiger partial charge in [0.15, 0.2) is 5.03 Å². The van der Waals surface area contributed by atoms with E-state index >= 15 is 0 Å². The number of sulfonamides is 1. The van der Waals surface area contributed by atoms with Crippen LogP contribution in [0.2, 0.25) is 0 Å². The number of aromatic amines is 1. The van der Waals surface area contributed by atoms with Crippen molar-refractivity contribution in [3.63, 3.8) is 0 Å². The quantitative estimate of drug-likeness (QED) is 0.896. The third-order valence-corrected chi connectivity index (χ3v) is 5.14. The molecule has 0 saturated carbocycles. The fraction of sp³-hybridized carbons (Fsp3) is 0.538. The lowest BCUT2D eigenvalue weighted by Crippen LogP contribution is -2.31. The van der Waals surface area contributed by atoms with Gasteiger partial charge in [0, 0.05) is 12.2 Å². The fourth-order valence-electron chi connectivity index (χ4n) is 2.57. The van der Waals surface area contributed by atoms with Crippen molar-refractivity contribution in [3.8, 4) is 0 Å². The van der Waals surface area contributed by atoms with Gasteiger partial charge in [-0.25, -0.2) is 18.1 Å². The predicted octanol–water partition coefficient (Wildman–Crippen LogP) is 1.54. The van der Waals surface area contributed by atoms with Gasteiger partial charge in [-0.05, 0) is 38.7 Å². The highest BCUT2D eigenvalue weighted by molar-refractivity contribution is 7.89. The number of hydrogen-bond donors (Lipinski definition) is 2. The van der Waals surface area contributed by atoms with Crippen molar-refractivity contribution in [1.82, 2.24) is 24.5 Å². The van der Waals surface area contributed by atoms with Crippen molar-refractivity contribution in [3.05, 3.63) is 30.0 Å². The Morgan fingerprint density at radius 2 is 2.29 bits per heavy atom. The second kappa shape index (κ2) is 5.27. The zero-order chi connectivity index (χ0) is 15.0. The molecule has 1 aliphatic carbocycles. The molecule has 3 rings (SSSR count). The summed E-state index contributed by atoms with van der Waals surface area (Å²) in [4.78, 5) is 4.00. The van der Waals surface area contributed by atoms with E-state index in [4.69, 9.17) is 0 Å². The van der Waals surface area contributed by atoms with Crippen LogP contribution in [-0.2, 0) is 16.4 Å². The highest BCUT2D eigenvalue weighted by Crippen LogP contribution is 2.28. The van der Waals surface area contributed by atoms with E-state index in [0.29, 0.717) is 0 Å². The smallest absolute Gasteiger partial charge is 0.260 e. The van der Waals surface area contributed by atoms with Gasteiger partial charge in [0.25, 0.3) is 10.0 Å². The number of rotatable bonds is 4. The lowest BCUT2D eigenvalue weighted by atomic mass is 9.94. The molecule has 1 aliphatic rings. The maximum Gasteiger partial charge on any atom is 0.260 e. The number of fused-ring (bicyclic) bond motifs is 1. The van der Waals surface area contributed by atoms with E-state index in [2.05, 4.69) is 19.9 Å². The summed E-state index contributed by atoms with van der Waals surface area (Å²) >= 11 is 0. The number of nitrogens with one attached hydrogen (secondary N) is 2. The van der Waals surface area contributed by atoms with Gasteiger partial charge in [-0.15, -0.1) is 0 Å². The summed E-state index contributed by atoms with van der Waals surface area (Å²) in [6.45, 7) is 3.95. The van der Waals surface area contributed by atoms with Crippen molar-refractivity contribution in [2.45, 2.75) is 50.2 Å². The number of aromatic nitrogens is 4. The van der Waals surface area contributed by atoms with Gasteiger partial charge in [0.05, 0.1) is 24.3 Å². The van der Waals surface area contributed by atoms with Gasteiger partial charge in [-0.1, -0.05) is 0 Å². The lowest BCUT2D eigenvalue weighted by molar-refractivity contribution is 0.497. The van der Waals surface area contributed by atoms with Crippen molar-refractivity contribution < 1.29 is 8.42 Å². The second-order valence-corrected chi connectivity index (χ2v) is 7.29. The minimum Gasteiger partial charge on any atom is -0.334 e. The molecule has 2 aromatic rings. The molecule has 2 aromatic heterocycles. The first-order valence-electron chi connectivity index (χ1n) is 7.05. The number of H-pyrrole nitrogens is 1. The zero-order valence-electron chi connectivity index (χ0n) is 12.1. The van der Waals surface area contributed by atoms with E-state index in [0.717, 1.165) is 30.5 Å². The molecule has 2 N–H and O–H groups in total. The molecule has 0 fully saturated rings. The third-order valence-electron chi connectivity index (χ3n) is 3.79. The Hall–Kier alpha value is -1.67. The van der Waals surface area contributed by atoms with Crippen LogP contribution in [0.25, 0.3) is 0 Å². The monoisotopic (exact) mass is 309 g/mol. The van der Waals surface area contributed by atoms with Crippen LogP contribution in [0.4, 0.5) is 0 Å². The number of aryl methyl sites for hydroxylation is 1. The van der Waals surface area contributed by atoms with E-state index in [1.165, 1.54) is 0 Å². The molecular weight excluding hydrogens is 290 g/mol. The van der Waals surface area contributed by atoms with Crippen molar-refractivity contribution >= 4 is 10.0 Å². The average molecular weight is 309 g/mol. The SMILES string of the molecule is CC(C)n1cnc(S(=O)(=O)NC2CCCc3cn[nH]c32)c1. The summed E-state index contributed by atoms with van der Waals surface area (Å²) in [5.74, 6) is 0. The maximum absolute atomic E-state index is 12.4. The lowest BCUT2D eigenvalue weighted by Gasteiger charge is -2.22. The van der Waals surface area contributed by atoms with E-state index in [1.807, 2.05) is 13.8 Å². The van der Waals surface area contributed by atoms with Crippen LogP contribution in [0.5, 0.6) is 0 Å². The molecule has 0 spiro atoms. The van der Waals surface area contributed by atoms with Crippen LogP contribution < -0.4 is 4.72 Å². The fourth-order valence-corrected chi connectivity index (χ4v) is 3.74. The normalized spacial score (nSPS) is 18.9. The molecule has 2 heterocycles. The van der Waals surface area contributed by atoms with Crippen LogP contribution in [-0.4, -0.2) is 28.2 Å². The molecule has 1 atom stereocenters. The number of hydrogen-bond acceptors (Lipinski definition) is 4. The molecule has 0 bridgehead atoms. The molecule has 8 heteroatoms. The van der Waals surface area contributed by atoms with Gasteiger partial charge >= 0.3 is 0 Å². The first-order valence-corrected chi connectivity index (χ1v) is 8.53. The van der Waals surface area contributed by atoms with Gasteiger partial charge in [-0.2, -0.15) is 5.10 Å². The summed E-state index contributed by atoms with van der Waals surface area (Å²) < 4.78 is 29.4. The molecular formula is C13H19N5O2S. The van der Waals surface area contributed by atoms with E-state index in [-0.39, 0.29) is 17.1 Å². The first-order chi connectivity index (χ1) is 9.97. The van der Waals surface area contributed by atoms with Crippen molar-refractivity contribution in [1.29, 1.82) is 0 Å². The van der Waals surface area contributed by atoms with Gasteiger partial charge in [0.2, 0.25) is 0 Å². The maximum atomic E-state index is 12.4. The van der Waals surface area contributed by atoms with Crippen LogP contribution in [0, 0.1) is 0 Å². The molecule has 0 amide bonds. The average Bonchev–Trinajstić information content (AvgIpc) is 3.08. The summed E-state index contributed by atoms with van der Waals surface area (Å²) in [5.41, 5.74) is 1.95. The molecule has 0 aromatic carbocycles. The molecule has 21 heavy (non-hydrogen) atoms. The summed E-state index contributed by atoms with van der Waals surface area (Å²) in [5, 5.41) is 6.97. The highest BCUT2D eigenvalue weighted by Gasteiger charge is 2.28. The second-order valence-electron chi connectivity index (χ2n) is 5.63. The topological polar surface area (TPSA) is 92.7 Å². The van der Waals surface area contributed by atoms with Gasteiger partial charge in [0.1, 0.15) is 0 Å². The summed E-state index contributed by atoms with van der Waals surface area (Å²) in [6.07, 6.45) is 7.51. The first kappa shape index (κ1) is 14.3. The zero-order valence-corrected chi connectivity index (χ0v) is 12.9. The molecule has 0 saturated heterocycles. The van der Waals surface area contributed by atoms with Gasteiger partial charge < -0.3 is 4.57 Å². The van der Waals surface area contributed by atoms with Crippen molar-refractivity contribution in [2.75, 3.05) is 0 Å². The largest absolute Gasteiger partial charge is 0.334 e. The molecule has 1 unspecified atom stereocenters. The molecule has 114 valence electrons. The summed E-state index contributed by atoms with van der Waals surface area (Å²) in [7, 11) is -3.62. The van der Waals surface area contributed by atoms with Crippen LogP contribution in [0.3, 0.4) is 0 Å². The molecule has 7 nitrogen and oxygen atoms in total. The number of imidazole rings is 1. The Balaban J connectivity index is 1.84. The van der Waals surface area contributed by atoms with Crippen LogP contribution >= 0.6 is 0 Å². The Morgan fingerprint density at radius 1 is 1.48 bits per heavy atom. The number of nitrogens with zero attached hydrogens (tertiary/aromatic N) is 3. The van der Waals surface area contributed by atoms with Crippen LogP contribution in [0.15, 0.2) is 23.7 Å². The Labute approximate surface area is 123 Å². The molecule has 0 radical (unpaired) electrons. The van der Waals surface area contributed by atoms with Crippen LogP contribution in [0.1, 0.15) is 50.0 Å². The minimum atomic E-state index is -3.62. The van der Waals surface area contributed by atoms with E-state index in [1.54, 1.807) is 23.3 Å². The van der Waals surface area contributed by atoms with Gasteiger partial charge in [-0.3, -0.25) is 5.10 Å². The van der Waals surface area contributed by atoms with E-state index < -0.39 is 10.0 Å². The van der Waals surface area contributed by atoms with Crippen molar-refractivity contribution in [2.24, 2.45) is 0 Å². The third kappa shape index (κ3) is 2.73. The molecule has 0 aliphatic heterocycles. The highest BCUT2D eigenvalue weighted by atomic mass is 32.2. The minimum absolute atomic E-state index is 0.0582. The Bertz CT molecular complexity index is 731. The Kier molecular flexibility index (Phi) is 3.58. The predicted molar refractivity (Wildman–Crippen MR) is 77.2 cm³/mol. The summed E-state index contributed by atoms with van der Waals surface area (Å²) in [6, 6.07) is -0.0826. The van der Waals surface area contributed by atoms with E-state index in [9.17, 15) is 8.42 Å². The Morgan fingerprint density at radius 3 is 3.00 bits per heavy atom.